The number of rotatable bonds is 11. The Bertz CT molecular complexity index is 346. The van der Waals surface area contributed by atoms with Crippen LogP contribution in [0.4, 0.5) is 0 Å². The average Bonchev–Trinajstić information content (AvgIpc) is 2.79. The minimum atomic E-state index is -0.692. The molecule has 0 heterocycles. The van der Waals surface area contributed by atoms with Crippen LogP contribution in [0.25, 0.3) is 0 Å². The standard InChI is InChI=1S/C18H30O3/c1-2-3-7-11-16-15(13-14-17(16)19)10-8-5-4-6-9-12-18(20)21/h3,7,15-16H,2,4-6,8-14H2,1H3,(H,20,21)/t15-,16-/m1/s1. The normalized spacial score (nSPS) is 22.2. The highest BCUT2D eigenvalue weighted by Gasteiger charge is 2.32. The summed E-state index contributed by atoms with van der Waals surface area (Å²) in [7, 11) is 0. The van der Waals surface area contributed by atoms with Gasteiger partial charge < -0.3 is 5.11 Å². The van der Waals surface area contributed by atoms with Gasteiger partial charge in [-0.25, -0.2) is 0 Å². The van der Waals surface area contributed by atoms with Gasteiger partial charge in [0.05, 0.1) is 0 Å². The van der Waals surface area contributed by atoms with Crippen molar-refractivity contribution in [2.24, 2.45) is 11.8 Å². The predicted octanol–water partition coefficient (Wildman–Crippen LogP) is 4.75. The molecule has 1 aliphatic rings. The fourth-order valence-corrected chi connectivity index (χ4v) is 3.27. The summed E-state index contributed by atoms with van der Waals surface area (Å²) in [6, 6.07) is 0. The summed E-state index contributed by atoms with van der Waals surface area (Å²) < 4.78 is 0. The van der Waals surface area contributed by atoms with Crippen LogP contribution in [0.3, 0.4) is 0 Å². The zero-order chi connectivity index (χ0) is 15.5. The summed E-state index contributed by atoms with van der Waals surface area (Å²) in [4.78, 5) is 22.3. The molecular weight excluding hydrogens is 264 g/mol. The lowest BCUT2D eigenvalue weighted by Gasteiger charge is -2.16. The summed E-state index contributed by atoms with van der Waals surface area (Å²) in [5.74, 6) is 0.613. The smallest absolute Gasteiger partial charge is 0.303 e. The van der Waals surface area contributed by atoms with Gasteiger partial charge in [-0.15, -0.1) is 0 Å². The van der Waals surface area contributed by atoms with E-state index < -0.39 is 5.97 Å². The van der Waals surface area contributed by atoms with Crippen LogP contribution in [0.1, 0.15) is 77.6 Å². The molecule has 0 saturated heterocycles. The monoisotopic (exact) mass is 294 g/mol. The maximum atomic E-state index is 11.9. The molecule has 0 aromatic carbocycles. The van der Waals surface area contributed by atoms with Gasteiger partial charge in [-0.2, -0.15) is 0 Å². The second-order valence-corrected chi connectivity index (χ2v) is 6.19. The molecule has 3 heteroatoms. The van der Waals surface area contributed by atoms with Crippen molar-refractivity contribution in [3.8, 4) is 0 Å². The predicted molar refractivity (Wildman–Crippen MR) is 85.2 cm³/mol. The molecule has 0 unspecified atom stereocenters. The summed E-state index contributed by atoms with van der Waals surface area (Å²) in [6.45, 7) is 2.12. The average molecular weight is 294 g/mol. The SMILES string of the molecule is CCC=CC[C@H]1C(=O)CC[C@H]1CCCCCCCC(=O)O. The molecule has 21 heavy (non-hydrogen) atoms. The quantitative estimate of drug-likeness (QED) is 0.442. The molecule has 1 aliphatic carbocycles. The first-order valence-corrected chi connectivity index (χ1v) is 8.54. The van der Waals surface area contributed by atoms with Crippen LogP contribution in [0.15, 0.2) is 12.2 Å². The Hall–Kier alpha value is -1.12. The number of unbranched alkanes of at least 4 members (excludes halogenated alkanes) is 4. The third-order valence-electron chi connectivity index (χ3n) is 4.50. The van der Waals surface area contributed by atoms with Gasteiger partial charge in [0.2, 0.25) is 0 Å². The van der Waals surface area contributed by atoms with Crippen molar-refractivity contribution in [3.63, 3.8) is 0 Å². The summed E-state index contributed by atoms with van der Waals surface area (Å²) >= 11 is 0. The van der Waals surface area contributed by atoms with E-state index in [4.69, 9.17) is 5.11 Å². The van der Waals surface area contributed by atoms with E-state index in [-0.39, 0.29) is 5.92 Å². The first kappa shape index (κ1) is 17.9. The molecule has 0 spiro atoms. The summed E-state index contributed by atoms with van der Waals surface area (Å²) in [6.07, 6.45) is 14.9. The van der Waals surface area contributed by atoms with Gasteiger partial charge in [-0.1, -0.05) is 44.8 Å². The fraction of sp³-hybridized carbons (Fsp3) is 0.778. The van der Waals surface area contributed by atoms with Gasteiger partial charge in [0.25, 0.3) is 0 Å². The Balaban J connectivity index is 2.13. The van der Waals surface area contributed by atoms with Crippen molar-refractivity contribution in [2.45, 2.75) is 77.6 Å². The Morgan fingerprint density at radius 3 is 2.62 bits per heavy atom. The van der Waals surface area contributed by atoms with Gasteiger partial charge >= 0.3 is 5.97 Å². The minimum Gasteiger partial charge on any atom is -0.481 e. The number of allylic oxidation sites excluding steroid dienone is 2. The summed E-state index contributed by atoms with van der Waals surface area (Å²) in [5.41, 5.74) is 0. The largest absolute Gasteiger partial charge is 0.481 e. The number of hydrogen-bond acceptors (Lipinski definition) is 2. The molecule has 2 atom stereocenters. The van der Waals surface area contributed by atoms with E-state index in [1.165, 1.54) is 12.8 Å². The first-order valence-electron chi connectivity index (χ1n) is 8.54. The molecule has 1 saturated carbocycles. The van der Waals surface area contributed by atoms with Crippen molar-refractivity contribution in [1.82, 2.24) is 0 Å². The topological polar surface area (TPSA) is 54.4 Å². The number of carboxylic acid groups (broad SMARTS) is 1. The lowest BCUT2D eigenvalue weighted by atomic mass is 9.87. The third-order valence-corrected chi connectivity index (χ3v) is 4.50. The summed E-state index contributed by atoms with van der Waals surface area (Å²) in [5, 5.41) is 8.56. The van der Waals surface area contributed by atoms with E-state index >= 15 is 0 Å². The van der Waals surface area contributed by atoms with Crippen molar-refractivity contribution in [3.05, 3.63) is 12.2 Å². The number of aliphatic carboxylic acids is 1. The van der Waals surface area contributed by atoms with Crippen molar-refractivity contribution in [2.75, 3.05) is 0 Å². The molecule has 0 amide bonds. The molecular formula is C18H30O3. The molecule has 1 rings (SSSR count). The maximum Gasteiger partial charge on any atom is 0.303 e. The third kappa shape index (κ3) is 7.45. The van der Waals surface area contributed by atoms with E-state index in [1.807, 2.05) is 0 Å². The van der Waals surface area contributed by atoms with Crippen LogP contribution in [-0.4, -0.2) is 16.9 Å². The molecule has 0 bridgehead atoms. The lowest BCUT2D eigenvalue weighted by Crippen LogP contribution is -2.14. The minimum absolute atomic E-state index is 0.264. The molecule has 0 aromatic rings. The molecule has 0 radical (unpaired) electrons. The molecule has 0 aromatic heterocycles. The van der Waals surface area contributed by atoms with E-state index in [9.17, 15) is 9.59 Å². The van der Waals surface area contributed by atoms with Gasteiger partial charge in [0, 0.05) is 18.8 Å². The van der Waals surface area contributed by atoms with E-state index in [1.54, 1.807) is 0 Å². The highest BCUT2D eigenvalue weighted by atomic mass is 16.4. The molecule has 3 nitrogen and oxygen atoms in total. The van der Waals surface area contributed by atoms with Crippen molar-refractivity contribution >= 4 is 11.8 Å². The molecule has 0 aliphatic heterocycles. The lowest BCUT2D eigenvalue weighted by molar-refractivity contribution is -0.137. The van der Waals surface area contributed by atoms with Crippen molar-refractivity contribution < 1.29 is 14.7 Å². The number of Topliss-reactive ketones (excluding diaryl/α,β-unsaturated/α-hetero) is 1. The zero-order valence-electron chi connectivity index (χ0n) is 13.4. The van der Waals surface area contributed by atoms with Crippen LogP contribution >= 0.6 is 0 Å². The Labute approximate surface area is 128 Å². The second kappa shape index (κ2) is 10.6. The Morgan fingerprint density at radius 1 is 1.19 bits per heavy atom. The van der Waals surface area contributed by atoms with Gasteiger partial charge in [0.1, 0.15) is 5.78 Å². The Morgan fingerprint density at radius 2 is 1.90 bits per heavy atom. The molecule has 120 valence electrons. The fourth-order valence-electron chi connectivity index (χ4n) is 3.27. The highest BCUT2D eigenvalue weighted by Crippen LogP contribution is 2.35. The molecule has 1 fully saturated rings. The van der Waals surface area contributed by atoms with Crippen LogP contribution < -0.4 is 0 Å². The Kier molecular flexibility index (Phi) is 9.04. The molecule has 1 N–H and O–H groups in total. The van der Waals surface area contributed by atoms with E-state index in [0.717, 1.165) is 51.4 Å². The highest BCUT2D eigenvalue weighted by molar-refractivity contribution is 5.83. The number of ketones is 1. The van der Waals surface area contributed by atoms with E-state index in [0.29, 0.717) is 18.1 Å². The van der Waals surface area contributed by atoms with Crippen LogP contribution in [0, 0.1) is 11.8 Å². The number of hydrogen-bond donors (Lipinski definition) is 1. The number of carbonyl (C=O) groups excluding carboxylic acids is 1. The van der Waals surface area contributed by atoms with Crippen LogP contribution in [0.2, 0.25) is 0 Å². The van der Waals surface area contributed by atoms with Crippen molar-refractivity contribution in [1.29, 1.82) is 0 Å². The van der Waals surface area contributed by atoms with Gasteiger partial charge in [-0.3, -0.25) is 9.59 Å². The number of carbonyl (C=O) groups is 2. The van der Waals surface area contributed by atoms with Gasteiger partial charge in [0.15, 0.2) is 0 Å². The maximum absolute atomic E-state index is 11.9. The van der Waals surface area contributed by atoms with Crippen LogP contribution in [-0.2, 0) is 9.59 Å². The first-order chi connectivity index (χ1) is 10.1. The van der Waals surface area contributed by atoms with E-state index in [2.05, 4.69) is 19.1 Å². The van der Waals surface area contributed by atoms with Crippen LogP contribution in [0.5, 0.6) is 0 Å². The van der Waals surface area contributed by atoms with Gasteiger partial charge in [-0.05, 0) is 38.0 Å². The zero-order valence-corrected chi connectivity index (χ0v) is 13.4. The number of carboxylic acids is 1. The second-order valence-electron chi connectivity index (χ2n) is 6.19.